The van der Waals surface area contributed by atoms with E-state index >= 15 is 0 Å². The number of rotatable bonds is 5. The number of hydrogen-bond acceptors (Lipinski definition) is 4. The monoisotopic (exact) mass is 558 g/mol. The van der Waals surface area contributed by atoms with Crippen molar-refractivity contribution >= 4 is 57.4 Å². The fourth-order valence-corrected chi connectivity index (χ4v) is 3.42. The first-order valence-corrected chi connectivity index (χ1v) is 9.94. The summed E-state index contributed by atoms with van der Waals surface area (Å²) in [6, 6.07) is 13.0. The summed E-state index contributed by atoms with van der Waals surface area (Å²) in [6.45, 7) is 2.74. The van der Waals surface area contributed by atoms with E-state index in [2.05, 4.69) is 71.8 Å². The number of benzene rings is 1. The number of nitrogens with one attached hydrogen (secondary N) is 2. The minimum absolute atomic E-state index is 0. The van der Waals surface area contributed by atoms with E-state index in [1.54, 1.807) is 0 Å². The smallest absolute Gasteiger partial charge is 0.191 e. The molecule has 1 atom stereocenters. The van der Waals surface area contributed by atoms with E-state index < -0.39 is 0 Å². The third kappa shape index (κ3) is 6.23. The summed E-state index contributed by atoms with van der Waals surface area (Å²) >= 11 is 3.50. The van der Waals surface area contributed by atoms with Crippen LogP contribution in [0.15, 0.2) is 52.1 Å². The largest absolute Gasteiger partial charge is 0.369 e. The molecule has 0 amide bonds. The summed E-state index contributed by atoms with van der Waals surface area (Å²) in [5.41, 5.74) is 2.44. The van der Waals surface area contributed by atoms with Crippen molar-refractivity contribution in [2.24, 2.45) is 4.99 Å². The first kappa shape index (κ1) is 22.7. The molecule has 2 N–H and O–H groups in total. The van der Waals surface area contributed by atoms with Gasteiger partial charge in [-0.1, -0.05) is 15.9 Å². The number of aliphatic imine (C=N–C) groups is 1. The average molecular weight is 559 g/mol. The summed E-state index contributed by atoms with van der Waals surface area (Å²) in [6.07, 6.45) is 2.94. The molecule has 0 bridgehead atoms. The highest BCUT2D eigenvalue weighted by molar-refractivity contribution is 14.0. The van der Waals surface area contributed by atoms with Crippen LogP contribution in [0.2, 0.25) is 0 Å². The van der Waals surface area contributed by atoms with Crippen LogP contribution in [0.25, 0.3) is 0 Å². The molecule has 1 fully saturated rings. The van der Waals surface area contributed by atoms with Gasteiger partial charge < -0.3 is 20.4 Å². The molecule has 0 spiro atoms. The Bertz CT molecular complexity index is 781. The summed E-state index contributed by atoms with van der Waals surface area (Å²) < 4.78 is 1.11. The molecular formula is C20H28BrIN6. The average Bonchev–Trinajstić information content (AvgIpc) is 3.14. The van der Waals surface area contributed by atoms with Crippen molar-refractivity contribution in [2.45, 2.75) is 19.0 Å². The van der Waals surface area contributed by atoms with Crippen molar-refractivity contribution < 1.29 is 0 Å². The van der Waals surface area contributed by atoms with Crippen LogP contribution >= 0.6 is 39.9 Å². The minimum atomic E-state index is 0. The molecule has 28 heavy (non-hydrogen) atoms. The van der Waals surface area contributed by atoms with Crippen LogP contribution in [0, 0.1) is 0 Å². The van der Waals surface area contributed by atoms with Crippen molar-refractivity contribution in [3.63, 3.8) is 0 Å². The zero-order valence-corrected chi connectivity index (χ0v) is 20.4. The van der Waals surface area contributed by atoms with E-state index in [4.69, 9.17) is 0 Å². The Hall–Kier alpha value is -1.55. The molecular weight excluding hydrogens is 531 g/mol. The van der Waals surface area contributed by atoms with Gasteiger partial charge in [-0.15, -0.1) is 24.0 Å². The fourth-order valence-electron chi connectivity index (χ4n) is 3.15. The van der Waals surface area contributed by atoms with E-state index in [0.29, 0.717) is 12.6 Å². The molecule has 1 unspecified atom stereocenters. The lowest BCUT2D eigenvalue weighted by molar-refractivity contribution is 0.648. The SMILES string of the molecule is CN=C(NCc1ccnc(N(C)C)c1)NC1CCN(c2ccc(Br)cc2)C1.I. The van der Waals surface area contributed by atoms with Crippen molar-refractivity contribution in [3.8, 4) is 0 Å². The number of pyridine rings is 1. The first-order valence-electron chi connectivity index (χ1n) is 9.15. The van der Waals surface area contributed by atoms with Gasteiger partial charge in [0.05, 0.1) is 0 Å². The molecule has 2 aromatic rings. The van der Waals surface area contributed by atoms with Gasteiger partial charge >= 0.3 is 0 Å². The Morgan fingerprint density at radius 1 is 1.29 bits per heavy atom. The van der Waals surface area contributed by atoms with Crippen LogP contribution in [0.3, 0.4) is 0 Å². The normalized spacial score (nSPS) is 16.5. The lowest BCUT2D eigenvalue weighted by atomic mass is 10.2. The van der Waals surface area contributed by atoms with Gasteiger partial charge in [0.15, 0.2) is 5.96 Å². The van der Waals surface area contributed by atoms with Gasteiger partial charge in [0.2, 0.25) is 0 Å². The van der Waals surface area contributed by atoms with Crippen molar-refractivity contribution in [2.75, 3.05) is 44.0 Å². The Labute approximate surface area is 193 Å². The van der Waals surface area contributed by atoms with E-state index in [1.165, 1.54) is 11.3 Å². The molecule has 152 valence electrons. The maximum atomic E-state index is 4.38. The number of hydrogen-bond donors (Lipinski definition) is 2. The highest BCUT2D eigenvalue weighted by atomic mass is 127. The molecule has 1 aromatic heterocycles. The maximum Gasteiger partial charge on any atom is 0.191 e. The number of nitrogens with zero attached hydrogens (tertiary/aromatic N) is 4. The second-order valence-corrected chi connectivity index (χ2v) is 7.81. The number of halogens is 2. The van der Waals surface area contributed by atoms with E-state index in [-0.39, 0.29) is 24.0 Å². The zero-order chi connectivity index (χ0) is 19.2. The zero-order valence-electron chi connectivity index (χ0n) is 16.5. The number of aromatic nitrogens is 1. The molecule has 1 aromatic carbocycles. The predicted octanol–water partition coefficient (Wildman–Crippen LogP) is 3.47. The van der Waals surface area contributed by atoms with Crippen LogP contribution in [0.5, 0.6) is 0 Å². The highest BCUT2D eigenvalue weighted by Gasteiger charge is 2.23. The van der Waals surface area contributed by atoms with Crippen LogP contribution in [0.1, 0.15) is 12.0 Å². The number of guanidine groups is 1. The van der Waals surface area contributed by atoms with E-state index in [1.807, 2.05) is 38.3 Å². The van der Waals surface area contributed by atoms with Gasteiger partial charge in [0.1, 0.15) is 5.82 Å². The lowest BCUT2D eigenvalue weighted by Gasteiger charge is -2.20. The molecule has 6 nitrogen and oxygen atoms in total. The molecule has 1 aliphatic rings. The topological polar surface area (TPSA) is 55.8 Å². The van der Waals surface area contributed by atoms with Gasteiger partial charge in [0.25, 0.3) is 0 Å². The summed E-state index contributed by atoms with van der Waals surface area (Å²) in [5.74, 6) is 1.79. The van der Waals surface area contributed by atoms with Crippen molar-refractivity contribution in [1.82, 2.24) is 15.6 Å². The standard InChI is InChI=1S/C20H27BrN6.HI/c1-22-20(24-13-15-8-10-23-19(12-15)26(2)3)25-17-9-11-27(14-17)18-6-4-16(21)5-7-18;/h4-8,10,12,17H,9,11,13-14H2,1-3H3,(H2,22,24,25);1H. The quantitative estimate of drug-likeness (QED) is 0.334. The van der Waals surface area contributed by atoms with Crippen molar-refractivity contribution in [3.05, 3.63) is 52.6 Å². The molecule has 0 radical (unpaired) electrons. The third-order valence-corrected chi connectivity index (χ3v) is 5.20. The van der Waals surface area contributed by atoms with Crippen LogP contribution in [-0.2, 0) is 6.54 Å². The Balaban J connectivity index is 0.00000280. The summed E-state index contributed by atoms with van der Waals surface area (Å²) in [5, 5.41) is 6.95. The molecule has 0 aliphatic carbocycles. The predicted molar refractivity (Wildman–Crippen MR) is 132 cm³/mol. The van der Waals surface area contributed by atoms with Crippen LogP contribution < -0.4 is 20.4 Å². The second kappa shape index (κ2) is 10.8. The van der Waals surface area contributed by atoms with Gasteiger partial charge in [-0.25, -0.2) is 4.98 Å². The minimum Gasteiger partial charge on any atom is -0.369 e. The van der Waals surface area contributed by atoms with E-state index in [0.717, 1.165) is 35.8 Å². The highest BCUT2D eigenvalue weighted by Crippen LogP contribution is 2.22. The van der Waals surface area contributed by atoms with Gasteiger partial charge in [-0.3, -0.25) is 4.99 Å². The molecule has 2 heterocycles. The van der Waals surface area contributed by atoms with Crippen LogP contribution in [-0.4, -0.2) is 51.2 Å². The summed E-state index contributed by atoms with van der Waals surface area (Å²) in [7, 11) is 5.81. The van der Waals surface area contributed by atoms with Gasteiger partial charge in [-0.2, -0.15) is 0 Å². The molecule has 8 heteroatoms. The molecule has 1 saturated heterocycles. The van der Waals surface area contributed by atoms with E-state index in [9.17, 15) is 0 Å². The Kier molecular flexibility index (Phi) is 8.81. The first-order chi connectivity index (χ1) is 13.0. The maximum absolute atomic E-state index is 4.38. The molecule has 0 saturated carbocycles. The lowest BCUT2D eigenvalue weighted by Crippen LogP contribution is -2.44. The fraction of sp³-hybridized carbons (Fsp3) is 0.400. The van der Waals surface area contributed by atoms with Crippen LogP contribution in [0.4, 0.5) is 11.5 Å². The van der Waals surface area contributed by atoms with Crippen molar-refractivity contribution in [1.29, 1.82) is 0 Å². The van der Waals surface area contributed by atoms with Gasteiger partial charge in [-0.05, 0) is 48.4 Å². The Morgan fingerprint density at radius 3 is 2.71 bits per heavy atom. The molecule has 3 rings (SSSR count). The summed E-state index contributed by atoms with van der Waals surface area (Å²) in [4.78, 5) is 13.1. The third-order valence-electron chi connectivity index (χ3n) is 4.67. The number of anilines is 2. The van der Waals surface area contributed by atoms with Gasteiger partial charge in [0, 0.05) is 63.2 Å². The second-order valence-electron chi connectivity index (χ2n) is 6.89. The molecule has 1 aliphatic heterocycles. The Morgan fingerprint density at radius 2 is 2.04 bits per heavy atom.